The first-order valence-electron chi connectivity index (χ1n) is 10.6. The molecule has 2 saturated heterocycles. The number of esters is 1. The molecule has 0 saturated carbocycles. The molecule has 15 nitrogen and oxygen atoms in total. The number of ether oxygens (including phenoxy) is 4. The molecule has 0 amide bonds. The van der Waals surface area contributed by atoms with Gasteiger partial charge in [0.05, 0.1) is 25.6 Å². The monoisotopic (exact) mass is 537 g/mol. The van der Waals surface area contributed by atoms with Crippen LogP contribution < -0.4 is 5.32 Å². The van der Waals surface area contributed by atoms with Gasteiger partial charge < -0.3 is 39.4 Å². The van der Waals surface area contributed by atoms with Crippen LogP contribution in [0.15, 0.2) is 6.33 Å². The molecule has 2 aromatic rings. The zero-order valence-corrected chi connectivity index (χ0v) is 20.2. The largest absolute Gasteiger partial charge is 0.438 e. The molecule has 35 heavy (non-hydrogen) atoms. The van der Waals surface area contributed by atoms with Crippen LogP contribution >= 0.6 is 19.2 Å². The van der Waals surface area contributed by atoms with Gasteiger partial charge in [-0.2, -0.15) is 9.97 Å². The molecular weight excluding hydrogens is 513 g/mol. The van der Waals surface area contributed by atoms with E-state index in [0.29, 0.717) is 24.5 Å². The number of fused-ring (bicyclic) bond motifs is 1. The van der Waals surface area contributed by atoms with E-state index in [4.69, 9.17) is 25.8 Å². The molecule has 0 radical (unpaired) electrons. The zero-order valence-electron chi connectivity index (χ0n) is 18.5. The van der Waals surface area contributed by atoms with E-state index in [1.165, 1.54) is 10.9 Å². The van der Waals surface area contributed by atoms with E-state index in [2.05, 4.69) is 29.5 Å². The molecule has 2 fully saturated rings. The molecule has 17 heteroatoms. The van der Waals surface area contributed by atoms with Crippen LogP contribution in [0, 0.1) is 0 Å². The van der Waals surface area contributed by atoms with Gasteiger partial charge in [0.1, 0.15) is 24.7 Å². The summed E-state index contributed by atoms with van der Waals surface area (Å²) in [6, 6.07) is 0.0338. The second-order valence-corrected chi connectivity index (χ2v) is 10.1. The average molecular weight is 538 g/mol. The number of nitrogens with one attached hydrogen (secondary N) is 1. The number of halogens is 1. The fraction of sp³-hybridized carbons (Fsp3) is 0.667. The summed E-state index contributed by atoms with van der Waals surface area (Å²) in [7, 11) is -4.22. The Kier molecular flexibility index (Phi) is 8.20. The van der Waals surface area contributed by atoms with Gasteiger partial charge in [-0.25, -0.2) is 4.98 Å². The van der Waals surface area contributed by atoms with Gasteiger partial charge in [-0.05, 0) is 18.0 Å². The number of carbonyl (C=O) groups excluding carboxylic acids is 1. The first-order chi connectivity index (χ1) is 16.6. The lowest BCUT2D eigenvalue weighted by molar-refractivity contribution is -0.147. The first kappa shape index (κ1) is 26.1. The van der Waals surface area contributed by atoms with Gasteiger partial charge in [0.25, 0.3) is 0 Å². The van der Waals surface area contributed by atoms with Gasteiger partial charge in [-0.3, -0.25) is 18.5 Å². The Bertz CT molecular complexity index is 1100. The zero-order chi connectivity index (χ0) is 25.2. The maximum Gasteiger partial charge on any atom is 0.356 e. The first-order valence-corrected chi connectivity index (χ1v) is 12.7. The second kappa shape index (κ2) is 11.0. The molecule has 194 valence electrons. The van der Waals surface area contributed by atoms with Gasteiger partial charge in [0.15, 0.2) is 23.2 Å². The van der Waals surface area contributed by atoms with Crippen LogP contribution in [0.1, 0.15) is 19.6 Å². The summed E-state index contributed by atoms with van der Waals surface area (Å²) < 4.78 is 38.6. The standard InChI is InChI=1S/C18H25ClN5O10P/c1-9(25)32-7-33-35(28,29)8-31-5-11-13(26)14(27)17(34-11)24-6-20-12-15(21-10-2-3-30-4-10)22-18(19)23-16(12)24/h6,10-11,13-14,17,26-27H,2-5,7-8H2,1H3,(H,28,29)(H,21,22,23)/t10-,11+,13+,14+,17+/m0/s1. The Morgan fingerprint density at radius 3 is 2.89 bits per heavy atom. The van der Waals surface area contributed by atoms with E-state index < -0.39 is 51.2 Å². The fourth-order valence-electron chi connectivity index (χ4n) is 3.63. The minimum Gasteiger partial charge on any atom is -0.438 e. The summed E-state index contributed by atoms with van der Waals surface area (Å²) in [5.74, 6) is -0.280. The van der Waals surface area contributed by atoms with Crippen molar-refractivity contribution in [2.75, 3.05) is 38.3 Å². The maximum absolute atomic E-state index is 11.9. The molecule has 0 aromatic carbocycles. The Hall–Kier alpha value is -1.94. The summed E-state index contributed by atoms with van der Waals surface area (Å²) in [5, 5.41) is 24.2. The number of rotatable bonds is 10. The molecule has 1 unspecified atom stereocenters. The third-order valence-electron chi connectivity index (χ3n) is 5.33. The molecule has 0 bridgehead atoms. The van der Waals surface area contributed by atoms with Gasteiger partial charge in [-0.1, -0.05) is 0 Å². The fourth-order valence-corrected chi connectivity index (χ4v) is 4.42. The van der Waals surface area contributed by atoms with Crippen molar-refractivity contribution in [2.24, 2.45) is 0 Å². The van der Waals surface area contributed by atoms with Crippen LogP contribution in [-0.2, 0) is 32.8 Å². The lowest BCUT2D eigenvalue weighted by atomic mass is 10.1. The highest BCUT2D eigenvalue weighted by molar-refractivity contribution is 7.52. The van der Waals surface area contributed by atoms with Crippen LogP contribution in [0.2, 0.25) is 5.28 Å². The maximum atomic E-state index is 11.9. The summed E-state index contributed by atoms with van der Waals surface area (Å²) in [5.41, 5.74) is 0.653. The van der Waals surface area contributed by atoms with Crippen molar-refractivity contribution < 1.29 is 47.9 Å². The van der Waals surface area contributed by atoms with Crippen molar-refractivity contribution in [3.8, 4) is 0 Å². The Morgan fingerprint density at radius 2 is 2.17 bits per heavy atom. The van der Waals surface area contributed by atoms with E-state index in [9.17, 15) is 24.5 Å². The number of nitrogens with zero attached hydrogens (tertiary/aromatic N) is 4. The van der Waals surface area contributed by atoms with Crippen molar-refractivity contribution in [1.82, 2.24) is 19.5 Å². The van der Waals surface area contributed by atoms with Crippen molar-refractivity contribution in [1.29, 1.82) is 0 Å². The third-order valence-corrected chi connectivity index (χ3v) is 6.52. The number of carbonyl (C=O) groups is 1. The van der Waals surface area contributed by atoms with Crippen LogP contribution in [-0.4, -0.2) is 97.9 Å². The van der Waals surface area contributed by atoms with Gasteiger partial charge in [0.2, 0.25) is 12.1 Å². The van der Waals surface area contributed by atoms with Crippen LogP contribution in [0.3, 0.4) is 0 Å². The molecule has 6 atom stereocenters. The van der Waals surface area contributed by atoms with Gasteiger partial charge >= 0.3 is 13.6 Å². The molecule has 4 N–H and O–H groups in total. The highest BCUT2D eigenvalue weighted by Gasteiger charge is 2.44. The minimum absolute atomic E-state index is 0.0338. The van der Waals surface area contributed by atoms with Crippen molar-refractivity contribution in [3.63, 3.8) is 0 Å². The molecule has 2 aliphatic rings. The number of hydrogen-bond donors (Lipinski definition) is 4. The summed E-state index contributed by atoms with van der Waals surface area (Å²) >= 11 is 6.11. The van der Waals surface area contributed by atoms with Gasteiger partial charge in [0, 0.05) is 13.5 Å². The van der Waals surface area contributed by atoms with Gasteiger partial charge in [-0.15, -0.1) is 0 Å². The molecule has 0 spiro atoms. The van der Waals surface area contributed by atoms with Crippen molar-refractivity contribution >= 4 is 42.1 Å². The summed E-state index contributed by atoms with van der Waals surface area (Å²) in [6.45, 7) is 1.21. The quantitative estimate of drug-likeness (QED) is 0.137. The van der Waals surface area contributed by atoms with E-state index in [0.717, 1.165) is 13.3 Å². The summed E-state index contributed by atoms with van der Waals surface area (Å²) in [6.07, 6.45) is -3.51. The highest BCUT2D eigenvalue weighted by Crippen LogP contribution is 2.42. The van der Waals surface area contributed by atoms with E-state index >= 15 is 0 Å². The lowest BCUT2D eigenvalue weighted by Gasteiger charge is -2.17. The van der Waals surface area contributed by atoms with E-state index in [1.54, 1.807) is 0 Å². The number of aromatic nitrogens is 4. The number of hydrogen-bond acceptors (Lipinski definition) is 13. The molecule has 2 aromatic heterocycles. The minimum atomic E-state index is -4.22. The van der Waals surface area contributed by atoms with Crippen molar-refractivity contribution in [2.45, 2.75) is 43.9 Å². The normalized spacial score (nSPS) is 28.3. The van der Waals surface area contributed by atoms with Crippen LogP contribution in [0.4, 0.5) is 5.82 Å². The molecular formula is C18H25ClN5O10P. The van der Waals surface area contributed by atoms with Crippen molar-refractivity contribution in [3.05, 3.63) is 11.6 Å². The number of anilines is 1. The SMILES string of the molecule is CC(=O)OCOP(=O)(O)COC[C@H]1O[C@@H](n2cnc3c(N[C@H]4CCOC4)nc(Cl)nc32)[C@H](O)[C@@H]1O. The third kappa shape index (κ3) is 6.25. The van der Waals surface area contributed by atoms with Crippen LogP contribution in [0.25, 0.3) is 11.2 Å². The topological polar surface area (TPSA) is 197 Å². The lowest BCUT2D eigenvalue weighted by Crippen LogP contribution is -2.34. The second-order valence-electron chi connectivity index (χ2n) is 7.94. The van der Waals surface area contributed by atoms with E-state index in [-0.39, 0.29) is 23.6 Å². The highest BCUT2D eigenvalue weighted by atomic mass is 35.5. The Labute approximate surface area is 203 Å². The predicted octanol–water partition coefficient (Wildman–Crippen LogP) is -0.00360. The molecule has 2 aliphatic heterocycles. The van der Waals surface area contributed by atoms with Crippen LogP contribution in [0.5, 0.6) is 0 Å². The smallest absolute Gasteiger partial charge is 0.356 e. The molecule has 4 heterocycles. The predicted molar refractivity (Wildman–Crippen MR) is 117 cm³/mol. The number of aliphatic hydroxyl groups is 2. The molecule has 4 rings (SSSR count). The molecule has 0 aliphatic carbocycles. The Balaban J connectivity index is 1.41. The Morgan fingerprint density at radius 1 is 1.37 bits per heavy atom. The number of aliphatic hydroxyl groups excluding tert-OH is 2. The average Bonchev–Trinajstić information content (AvgIpc) is 3.50. The van der Waals surface area contributed by atoms with E-state index in [1.807, 2.05) is 0 Å². The summed E-state index contributed by atoms with van der Waals surface area (Å²) in [4.78, 5) is 33.1. The number of imidazole rings is 1.